The highest BCUT2D eigenvalue weighted by Gasteiger charge is 2.32. The number of rotatable bonds is 7. The van der Waals surface area contributed by atoms with Crippen LogP contribution in [0.1, 0.15) is 31.4 Å². The number of hydrogen-bond acceptors (Lipinski definition) is 3. The summed E-state index contributed by atoms with van der Waals surface area (Å²) in [5.74, 6) is 1.81. The highest BCUT2D eigenvalue weighted by molar-refractivity contribution is 5.28. The van der Waals surface area contributed by atoms with E-state index in [0.717, 1.165) is 18.2 Å². The van der Waals surface area contributed by atoms with Crippen LogP contribution in [0.15, 0.2) is 24.3 Å². The van der Waals surface area contributed by atoms with E-state index in [0.29, 0.717) is 12.1 Å². The van der Waals surface area contributed by atoms with Crippen LogP contribution in [-0.2, 0) is 0 Å². The van der Waals surface area contributed by atoms with Gasteiger partial charge in [-0.25, -0.2) is 0 Å². The molecule has 1 saturated carbocycles. The molecule has 0 bridgehead atoms. The number of nitrogens with one attached hydrogen (secondary N) is 1. The van der Waals surface area contributed by atoms with Gasteiger partial charge >= 0.3 is 0 Å². The zero-order valence-electron chi connectivity index (χ0n) is 12.5. The predicted molar refractivity (Wildman–Crippen MR) is 79.6 cm³/mol. The van der Waals surface area contributed by atoms with Gasteiger partial charge in [-0.3, -0.25) is 0 Å². The Labute approximate surface area is 116 Å². The molecule has 0 spiro atoms. The zero-order valence-corrected chi connectivity index (χ0v) is 12.5. The van der Waals surface area contributed by atoms with Crippen LogP contribution >= 0.6 is 0 Å². The lowest BCUT2D eigenvalue weighted by atomic mass is 10.1. The van der Waals surface area contributed by atoms with Crippen LogP contribution in [-0.4, -0.2) is 38.7 Å². The molecule has 1 aliphatic carbocycles. The van der Waals surface area contributed by atoms with Crippen molar-refractivity contribution in [1.29, 1.82) is 0 Å². The smallest absolute Gasteiger partial charge is 0.118 e. The average molecular weight is 262 g/mol. The Kier molecular flexibility index (Phi) is 4.83. The van der Waals surface area contributed by atoms with Crippen molar-refractivity contribution in [2.24, 2.45) is 5.92 Å². The van der Waals surface area contributed by atoms with Gasteiger partial charge in [0, 0.05) is 18.6 Å². The van der Waals surface area contributed by atoms with Gasteiger partial charge in [0.1, 0.15) is 5.75 Å². The summed E-state index contributed by atoms with van der Waals surface area (Å²) in [5.41, 5.74) is 1.31. The average Bonchev–Trinajstić information content (AvgIpc) is 3.23. The Morgan fingerprint density at radius 3 is 2.37 bits per heavy atom. The molecule has 0 amide bonds. The van der Waals surface area contributed by atoms with Crippen LogP contribution in [0.2, 0.25) is 0 Å². The lowest BCUT2D eigenvalue weighted by molar-refractivity contribution is 0.250. The zero-order chi connectivity index (χ0) is 13.8. The largest absolute Gasteiger partial charge is 0.497 e. The molecule has 3 nitrogen and oxygen atoms in total. The van der Waals surface area contributed by atoms with Crippen LogP contribution in [0.25, 0.3) is 0 Å². The first-order valence-electron chi connectivity index (χ1n) is 7.15. The fourth-order valence-corrected chi connectivity index (χ4v) is 2.56. The number of methoxy groups -OCH3 is 1. The predicted octanol–water partition coefficient (Wildman–Crippen LogP) is 2.69. The molecule has 106 valence electrons. The maximum Gasteiger partial charge on any atom is 0.118 e. The Morgan fingerprint density at radius 2 is 1.89 bits per heavy atom. The standard InChI is InChI=1S/C16H26N2O/c1-12(13-7-9-15(19-4)10-8-13)17-11-16(18(2)3)14-5-6-14/h7-10,12,14,16-17H,5-6,11H2,1-4H3/t12-,16-/m1/s1. The van der Waals surface area contributed by atoms with E-state index in [-0.39, 0.29) is 0 Å². The third kappa shape index (κ3) is 3.95. The summed E-state index contributed by atoms with van der Waals surface area (Å²) < 4.78 is 5.19. The molecule has 1 fully saturated rings. The summed E-state index contributed by atoms with van der Waals surface area (Å²) in [5, 5.41) is 3.66. The molecule has 19 heavy (non-hydrogen) atoms. The summed E-state index contributed by atoms with van der Waals surface area (Å²) in [6.45, 7) is 3.28. The van der Waals surface area contributed by atoms with E-state index >= 15 is 0 Å². The van der Waals surface area contributed by atoms with Crippen LogP contribution in [0, 0.1) is 5.92 Å². The van der Waals surface area contributed by atoms with Crippen molar-refractivity contribution in [2.45, 2.75) is 31.8 Å². The van der Waals surface area contributed by atoms with Gasteiger partial charge in [0.05, 0.1) is 7.11 Å². The summed E-state index contributed by atoms with van der Waals surface area (Å²) in [6.07, 6.45) is 2.78. The molecule has 0 heterocycles. The Bertz CT molecular complexity index is 382. The number of ether oxygens (including phenoxy) is 1. The quantitative estimate of drug-likeness (QED) is 0.817. The van der Waals surface area contributed by atoms with E-state index in [2.05, 4.69) is 43.4 Å². The first-order chi connectivity index (χ1) is 9.11. The van der Waals surface area contributed by atoms with Crippen molar-refractivity contribution in [3.63, 3.8) is 0 Å². The summed E-state index contributed by atoms with van der Waals surface area (Å²) in [6, 6.07) is 9.37. The Balaban J connectivity index is 1.87. The van der Waals surface area contributed by atoms with Crippen molar-refractivity contribution in [2.75, 3.05) is 27.7 Å². The molecule has 1 aromatic rings. The second-order valence-corrected chi connectivity index (χ2v) is 5.77. The molecule has 0 radical (unpaired) electrons. The number of likely N-dealkylation sites (N-methyl/N-ethyl adjacent to an activating group) is 1. The van der Waals surface area contributed by atoms with Crippen molar-refractivity contribution in [3.8, 4) is 5.75 Å². The number of hydrogen-bond donors (Lipinski definition) is 1. The summed E-state index contributed by atoms with van der Waals surface area (Å²) >= 11 is 0. The minimum Gasteiger partial charge on any atom is -0.497 e. The molecule has 0 aromatic heterocycles. The molecule has 2 rings (SSSR count). The highest BCUT2D eigenvalue weighted by Crippen LogP contribution is 2.34. The van der Waals surface area contributed by atoms with Gasteiger partial charge in [0.15, 0.2) is 0 Å². The van der Waals surface area contributed by atoms with E-state index in [4.69, 9.17) is 4.74 Å². The van der Waals surface area contributed by atoms with Crippen molar-refractivity contribution < 1.29 is 4.74 Å². The van der Waals surface area contributed by atoms with Gasteiger partial charge in [-0.15, -0.1) is 0 Å². The van der Waals surface area contributed by atoms with E-state index in [1.807, 2.05) is 12.1 Å². The lowest BCUT2D eigenvalue weighted by Crippen LogP contribution is -2.40. The first kappa shape index (κ1) is 14.4. The van der Waals surface area contributed by atoms with Gasteiger partial charge in [0.2, 0.25) is 0 Å². The van der Waals surface area contributed by atoms with E-state index < -0.39 is 0 Å². The summed E-state index contributed by atoms with van der Waals surface area (Å²) in [7, 11) is 6.07. The highest BCUT2D eigenvalue weighted by atomic mass is 16.5. The van der Waals surface area contributed by atoms with Crippen LogP contribution < -0.4 is 10.1 Å². The molecule has 1 N–H and O–H groups in total. The van der Waals surface area contributed by atoms with Gasteiger partial charge in [0.25, 0.3) is 0 Å². The fourth-order valence-electron chi connectivity index (χ4n) is 2.56. The second-order valence-electron chi connectivity index (χ2n) is 5.77. The molecule has 3 heteroatoms. The van der Waals surface area contributed by atoms with Crippen molar-refractivity contribution >= 4 is 0 Å². The third-order valence-electron chi connectivity index (χ3n) is 4.08. The normalized spacial score (nSPS) is 18.4. The summed E-state index contributed by atoms with van der Waals surface area (Å²) in [4.78, 5) is 2.35. The maximum absolute atomic E-state index is 5.19. The van der Waals surface area contributed by atoms with Crippen LogP contribution in [0.3, 0.4) is 0 Å². The topological polar surface area (TPSA) is 24.5 Å². The second kappa shape index (κ2) is 6.40. The Hall–Kier alpha value is -1.06. The maximum atomic E-state index is 5.19. The lowest BCUT2D eigenvalue weighted by Gasteiger charge is -2.26. The minimum absolute atomic E-state index is 0.382. The Morgan fingerprint density at radius 1 is 1.26 bits per heavy atom. The van der Waals surface area contributed by atoms with Gasteiger partial charge in [-0.2, -0.15) is 0 Å². The first-order valence-corrected chi connectivity index (χ1v) is 7.15. The molecule has 0 aliphatic heterocycles. The van der Waals surface area contributed by atoms with Gasteiger partial charge in [-0.1, -0.05) is 12.1 Å². The van der Waals surface area contributed by atoms with Gasteiger partial charge < -0.3 is 15.0 Å². The SMILES string of the molecule is COc1ccc([C@@H](C)NC[C@H](C2CC2)N(C)C)cc1. The van der Waals surface area contributed by atoms with E-state index in [1.54, 1.807) is 7.11 Å². The number of benzene rings is 1. The van der Waals surface area contributed by atoms with Crippen molar-refractivity contribution in [3.05, 3.63) is 29.8 Å². The third-order valence-corrected chi connectivity index (χ3v) is 4.08. The molecule has 0 unspecified atom stereocenters. The van der Waals surface area contributed by atoms with E-state index in [1.165, 1.54) is 18.4 Å². The molecular formula is C16H26N2O. The fraction of sp³-hybridized carbons (Fsp3) is 0.625. The monoisotopic (exact) mass is 262 g/mol. The van der Waals surface area contributed by atoms with Crippen LogP contribution in [0.5, 0.6) is 5.75 Å². The van der Waals surface area contributed by atoms with Crippen LogP contribution in [0.4, 0.5) is 0 Å². The van der Waals surface area contributed by atoms with E-state index in [9.17, 15) is 0 Å². The molecule has 0 saturated heterocycles. The molecule has 2 atom stereocenters. The minimum atomic E-state index is 0.382. The number of nitrogens with zero attached hydrogens (tertiary/aromatic N) is 1. The molecular weight excluding hydrogens is 236 g/mol. The molecule has 1 aromatic carbocycles. The van der Waals surface area contributed by atoms with Crippen molar-refractivity contribution in [1.82, 2.24) is 10.2 Å². The molecule has 1 aliphatic rings. The van der Waals surface area contributed by atoms with Gasteiger partial charge in [-0.05, 0) is 57.5 Å².